The van der Waals surface area contributed by atoms with Crippen LogP contribution in [-0.4, -0.2) is 31.8 Å². The highest BCUT2D eigenvalue weighted by Gasteiger charge is 2.27. The van der Waals surface area contributed by atoms with Crippen LogP contribution in [0.4, 0.5) is 0 Å². The maximum Gasteiger partial charge on any atom is 0.237 e. The molecule has 0 radical (unpaired) electrons. The molecule has 1 aliphatic heterocycles. The van der Waals surface area contributed by atoms with Crippen LogP contribution in [0.2, 0.25) is 0 Å². The normalized spacial score (nSPS) is 17.7. The highest BCUT2D eigenvalue weighted by Crippen LogP contribution is 2.39. The highest BCUT2D eigenvalue weighted by atomic mass is 35.5. The fraction of sp³-hybridized carbons (Fsp3) is 0.583. The van der Waals surface area contributed by atoms with E-state index in [0.29, 0.717) is 0 Å². The summed E-state index contributed by atoms with van der Waals surface area (Å²) in [5.41, 5.74) is 1.23. The van der Waals surface area contributed by atoms with Crippen molar-refractivity contribution in [3.05, 3.63) is 21.9 Å². The van der Waals surface area contributed by atoms with Crippen molar-refractivity contribution in [3.63, 3.8) is 0 Å². The van der Waals surface area contributed by atoms with Crippen molar-refractivity contribution in [1.29, 1.82) is 0 Å². The molecule has 1 aromatic heterocycles. The van der Waals surface area contributed by atoms with Crippen molar-refractivity contribution in [1.82, 2.24) is 10.6 Å². The Morgan fingerprint density at radius 1 is 1.50 bits per heavy atom. The zero-order valence-electron chi connectivity index (χ0n) is 10.4. The first kappa shape index (κ1) is 15.8. The van der Waals surface area contributed by atoms with E-state index in [1.807, 2.05) is 7.05 Å². The number of hydrogen-bond acceptors (Lipinski definition) is 4. The lowest BCUT2D eigenvalue weighted by molar-refractivity contribution is -0.120. The number of thiophene rings is 1. The van der Waals surface area contributed by atoms with Crippen molar-refractivity contribution in [3.8, 4) is 0 Å². The van der Waals surface area contributed by atoms with Crippen molar-refractivity contribution < 1.29 is 4.79 Å². The van der Waals surface area contributed by atoms with Crippen LogP contribution in [0.5, 0.6) is 0 Å². The van der Waals surface area contributed by atoms with E-state index in [2.05, 4.69) is 22.1 Å². The largest absolute Gasteiger partial charge is 0.355 e. The summed E-state index contributed by atoms with van der Waals surface area (Å²) in [5, 5.41) is 8.21. The lowest BCUT2D eigenvalue weighted by Gasteiger charge is -2.21. The molecule has 0 fully saturated rings. The van der Waals surface area contributed by atoms with Gasteiger partial charge in [0, 0.05) is 11.4 Å². The summed E-state index contributed by atoms with van der Waals surface area (Å²) in [4.78, 5) is 13.5. The second-order valence-corrected chi connectivity index (χ2v) is 6.26. The third-order valence-corrected chi connectivity index (χ3v) is 5.05. The summed E-state index contributed by atoms with van der Waals surface area (Å²) in [6.45, 7) is 1.71. The molecule has 0 aliphatic carbocycles. The van der Waals surface area contributed by atoms with Crippen LogP contribution >= 0.6 is 35.5 Å². The van der Waals surface area contributed by atoms with Gasteiger partial charge in [-0.05, 0) is 49.2 Å². The lowest BCUT2D eigenvalue weighted by atomic mass is 10.1. The van der Waals surface area contributed by atoms with Crippen LogP contribution in [0.1, 0.15) is 22.1 Å². The number of amides is 1. The Morgan fingerprint density at radius 3 is 3.11 bits per heavy atom. The number of rotatable bonds is 5. The Morgan fingerprint density at radius 2 is 2.33 bits per heavy atom. The molecule has 0 spiro atoms. The van der Waals surface area contributed by atoms with Crippen LogP contribution in [0, 0.1) is 0 Å². The molecule has 0 saturated carbocycles. The molecule has 0 bridgehead atoms. The first-order valence-electron chi connectivity index (χ1n) is 5.93. The Hall–Kier alpha value is -0.230. The lowest BCUT2D eigenvalue weighted by Crippen LogP contribution is -2.31. The standard InChI is InChI=1S/C12H18N2OS2.ClH/c1-13-5-2-6-14-12(15)11-9-3-7-16-10(9)4-8-17-11;/h3,7,11,13H,2,4-6,8H2,1H3,(H,14,15);1H. The van der Waals surface area contributed by atoms with Gasteiger partial charge in [-0.2, -0.15) is 0 Å². The molecule has 3 nitrogen and oxygen atoms in total. The number of thioether (sulfide) groups is 1. The minimum atomic E-state index is 0. The molecule has 18 heavy (non-hydrogen) atoms. The predicted molar refractivity (Wildman–Crippen MR) is 82.0 cm³/mol. The maximum atomic E-state index is 12.1. The van der Waals surface area contributed by atoms with Gasteiger partial charge < -0.3 is 10.6 Å². The number of hydrogen-bond donors (Lipinski definition) is 2. The number of aryl methyl sites for hydroxylation is 1. The molecular formula is C12H19ClN2OS2. The van der Waals surface area contributed by atoms with E-state index in [-0.39, 0.29) is 23.6 Å². The molecule has 1 unspecified atom stereocenters. The molecule has 1 aliphatic rings. The van der Waals surface area contributed by atoms with Crippen LogP contribution in [-0.2, 0) is 11.2 Å². The minimum absolute atomic E-state index is 0. The van der Waals surface area contributed by atoms with Crippen molar-refractivity contribution in [2.75, 3.05) is 25.9 Å². The number of carbonyl (C=O) groups is 1. The van der Waals surface area contributed by atoms with Crippen LogP contribution in [0.25, 0.3) is 0 Å². The fourth-order valence-corrected chi connectivity index (χ4v) is 4.25. The zero-order valence-corrected chi connectivity index (χ0v) is 12.9. The van der Waals surface area contributed by atoms with Crippen LogP contribution in [0.15, 0.2) is 11.4 Å². The molecule has 102 valence electrons. The average molecular weight is 307 g/mol. The molecule has 2 rings (SSSR count). The van der Waals surface area contributed by atoms with Gasteiger partial charge in [0.25, 0.3) is 0 Å². The highest BCUT2D eigenvalue weighted by molar-refractivity contribution is 8.00. The summed E-state index contributed by atoms with van der Waals surface area (Å²) >= 11 is 3.54. The molecule has 1 amide bonds. The number of fused-ring (bicyclic) bond motifs is 1. The van der Waals surface area contributed by atoms with E-state index in [4.69, 9.17) is 0 Å². The topological polar surface area (TPSA) is 41.1 Å². The predicted octanol–water partition coefficient (Wildman–Crippen LogP) is 2.23. The average Bonchev–Trinajstić information content (AvgIpc) is 2.82. The van der Waals surface area contributed by atoms with Gasteiger partial charge in [-0.25, -0.2) is 0 Å². The smallest absolute Gasteiger partial charge is 0.237 e. The monoisotopic (exact) mass is 306 g/mol. The van der Waals surface area contributed by atoms with Gasteiger partial charge in [0.05, 0.1) is 0 Å². The third kappa shape index (κ3) is 3.88. The maximum absolute atomic E-state index is 12.1. The van der Waals surface area contributed by atoms with E-state index in [1.54, 1.807) is 23.1 Å². The molecule has 1 atom stereocenters. The summed E-state index contributed by atoms with van der Waals surface area (Å²) in [6.07, 6.45) is 2.09. The minimum Gasteiger partial charge on any atom is -0.355 e. The molecule has 2 N–H and O–H groups in total. The zero-order chi connectivity index (χ0) is 12.1. The van der Waals surface area contributed by atoms with Crippen molar-refractivity contribution in [2.45, 2.75) is 18.1 Å². The van der Waals surface area contributed by atoms with Gasteiger partial charge >= 0.3 is 0 Å². The van der Waals surface area contributed by atoms with E-state index in [9.17, 15) is 4.79 Å². The fourth-order valence-electron chi connectivity index (χ4n) is 1.93. The number of nitrogens with one attached hydrogen (secondary N) is 2. The van der Waals surface area contributed by atoms with Crippen molar-refractivity contribution >= 4 is 41.4 Å². The molecule has 1 aromatic rings. The van der Waals surface area contributed by atoms with Crippen LogP contribution in [0.3, 0.4) is 0 Å². The Bertz CT molecular complexity index is 384. The number of carbonyl (C=O) groups excluding carboxylic acids is 1. The van der Waals surface area contributed by atoms with Gasteiger partial charge in [-0.15, -0.1) is 35.5 Å². The van der Waals surface area contributed by atoms with Gasteiger partial charge in [-0.1, -0.05) is 0 Å². The van der Waals surface area contributed by atoms with Gasteiger partial charge in [0.15, 0.2) is 0 Å². The second-order valence-electron chi connectivity index (χ2n) is 4.05. The van der Waals surface area contributed by atoms with Gasteiger partial charge in [0.2, 0.25) is 5.91 Å². The van der Waals surface area contributed by atoms with Crippen molar-refractivity contribution in [2.24, 2.45) is 0 Å². The summed E-state index contributed by atoms with van der Waals surface area (Å²) in [7, 11) is 1.93. The summed E-state index contributed by atoms with van der Waals surface area (Å²) in [5.74, 6) is 1.23. The van der Waals surface area contributed by atoms with Gasteiger partial charge in [0.1, 0.15) is 5.25 Å². The van der Waals surface area contributed by atoms with E-state index in [1.165, 1.54) is 10.4 Å². The SMILES string of the molecule is CNCCCNC(=O)C1SCCc2sccc21.Cl. The first-order chi connectivity index (χ1) is 8.33. The molecule has 6 heteroatoms. The Labute approximate surface area is 123 Å². The summed E-state index contributed by atoms with van der Waals surface area (Å²) in [6, 6.07) is 2.10. The van der Waals surface area contributed by atoms with Gasteiger partial charge in [-0.3, -0.25) is 4.79 Å². The molecule has 0 aromatic carbocycles. The van der Waals surface area contributed by atoms with Crippen LogP contribution < -0.4 is 10.6 Å². The van der Waals surface area contributed by atoms with E-state index < -0.39 is 0 Å². The summed E-state index contributed by atoms with van der Waals surface area (Å²) < 4.78 is 0. The Balaban J connectivity index is 0.00000162. The second kappa shape index (κ2) is 8.04. The van der Waals surface area contributed by atoms with E-state index >= 15 is 0 Å². The molecule has 0 saturated heterocycles. The van der Waals surface area contributed by atoms with E-state index in [0.717, 1.165) is 31.7 Å². The third-order valence-electron chi connectivity index (χ3n) is 2.82. The first-order valence-corrected chi connectivity index (χ1v) is 7.86. The quantitative estimate of drug-likeness (QED) is 0.820. The Kier molecular flexibility index (Phi) is 7.07. The molecular weight excluding hydrogens is 288 g/mol. The number of halogens is 1. The molecule has 2 heterocycles.